The van der Waals surface area contributed by atoms with Gasteiger partial charge in [-0.1, -0.05) is 37.4 Å². The highest BCUT2D eigenvalue weighted by atomic mass is 35.5. The second-order valence-corrected chi connectivity index (χ2v) is 16.6. The number of amides is 1. The highest BCUT2D eigenvalue weighted by Crippen LogP contribution is 2.56. The number of carbonyl (C=O) groups is 1. The number of aryl methyl sites for hydroxylation is 1. The van der Waals surface area contributed by atoms with Crippen LogP contribution >= 0.6 is 11.6 Å². The van der Waals surface area contributed by atoms with Gasteiger partial charge in [0, 0.05) is 35.7 Å². The summed E-state index contributed by atoms with van der Waals surface area (Å²) in [5.74, 6) is -4.87. The molecule has 1 aliphatic rings. The smallest absolute Gasteiger partial charge is 0.293 e. The van der Waals surface area contributed by atoms with Crippen LogP contribution in [0.15, 0.2) is 42.5 Å². The Morgan fingerprint density at radius 1 is 1.05 bits per heavy atom. The fraction of sp³-hybridized carbons (Fsp3) is 0.385. The molecule has 0 aliphatic heterocycles. The molecule has 0 fully saturated rings. The maximum absolute atomic E-state index is 15.9. The minimum absolute atomic E-state index is 0.0492. The standard InChI is InChI=1S/C39H36ClF8N7O4S/c1-5-26-19(2)30-33(36(45)46)51-55(35(30)39(26,47)48)16-29(56)50-28(14-20-12-21(43)15-22(44)13-20)32-24(7-6-23(49-32)10-11-38(57,17-41)18-42)25-8-9-27(40)31-34(25)54(3)52-37(31)53-60(4,58)59/h6-9,12-13,15,19,26,28,36,57H,5,14,16-18H2,1-4H3,(H,50,56)(H,52,53)/t19-,26+,28-/m0/s1. The Labute approximate surface area is 343 Å². The van der Waals surface area contributed by atoms with Gasteiger partial charge in [-0.2, -0.15) is 19.0 Å². The molecule has 60 heavy (non-hydrogen) atoms. The lowest BCUT2D eigenvalue weighted by Gasteiger charge is -2.24. The predicted molar refractivity (Wildman–Crippen MR) is 205 cm³/mol. The minimum atomic E-state index is -3.89. The fourth-order valence-electron chi connectivity index (χ4n) is 7.59. The molecule has 0 spiro atoms. The number of hydrogen-bond donors (Lipinski definition) is 3. The number of fused-ring (bicyclic) bond motifs is 2. The SMILES string of the molecule is CC[C@@H]1[C@H](C)c2c(C(F)F)nn(CC(=O)N[C@@H](Cc3cc(F)cc(F)c3)c3nc(C#CC(O)(CF)CF)ccc3-c3ccc(Cl)c4c(NS(C)(=O)=O)nn(C)c34)c2C1(F)F. The van der Waals surface area contributed by atoms with E-state index in [0.717, 1.165) is 18.4 Å². The third kappa shape index (κ3) is 8.65. The van der Waals surface area contributed by atoms with Crippen molar-refractivity contribution in [3.8, 4) is 23.0 Å². The number of pyridine rings is 1. The number of aliphatic hydroxyl groups is 1. The van der Waals surface area contributed by atoms with E-state index < -0.39 is 101 Å². The molecule has 6 rings (SSSR count). The van der Waals surface area contributed by atoms with Gasteiger partial charge in [-0.15, -0.1) is 0 Å². The maximum Gasteiger partial charge on any atom is 0.293 e. The van der Waals surface area contributed by atoms with Crippen molar-refractivity contribution >= 4 is 44.3 Å². The average molecular weight is 886 g/mol. The maximum atomic E-state index is 15.9. The molecule has 0 unspecified atom stereocenters. The van der Waals surface area contributed by atoms with E-state index in [1.807, 2.05) is 0 Å². The number of nitrogens with zero attached hydrogens (tertiary/aromatic N) is 5. The van der Waals surface area contributed by atoms with Crippen LogP contribution < -0.4 is 10.0 Å². The van der Waals surface area contributed by atoms with Gasteiger partial charge in [-0.05, 0) is 60.6 Å². The lowest BCUT2D eigenvalue weighted by Crippen LogP contribution is -2.35. The summed E-state index contributed by atoms with van der Waals surface area (Å²) in [6.07, 6.45) is -2.92. The van der Waals surface area contributed by atoms with Gasteiger partial charge in [0.15, 0.2) is 11.4 Å². The van der Waals surface area contributed by atoms with Gasteiger partial charge < -0.3 is 10.4 Å². The molecule has 320 valence electrons. The van der Waals surface area contributed by atoms with Crippen molar-refractivity contribution in [2.75, 3.05) is 24.3 Å². The molecule has 21 heteroatoms. The van der Waals surface area contributed by atoms with Crippen molar-refractivity contribution in [1.82, 2.24) is 29.9 Å². The van der Waals surface area contributed by atoms with E-state index in [-0.39, 0.29) is 61.8 Å². The van der Waals surface area contributed by atoms with E-state index in [9.17, 15) is 44.7 Å². The van der Waals surface area contributed by atoms with Crippen molar-refractivity contribution in [2.24, 2.45) is 13.0 Å². The predicted octanol–water partition coefficient (Wildman–Crippen LogP) is 7.43. The highest BCUT2D eigenvalue weighted by molar-refractivity contribution is 7.92. The first-order valence-electron chi connectivity index (χ1n) is 18.1. The van der Waals surface area contributed by atoms with Gasteiger partial charge in [-0.3, -0.25) is 18.9 Å². The number of halogens is 9. The summed E-state index contributed by atoms with van der Waals surface area (Å²) < 4.78 is 145. The second-order valence-electron chi connectivity index (χ2n) is 14.5. The zero-order valence-corrected chi connectivity index (χ0v) is 33.7. The van der Waals surface area contributed by atoms with Crippen LogP contribution in [-0.4, -0.2) is 69.2 Å². The van der Waals surface area contributed by atoms with Crippen LogP contribution in [0.3, 0.4) is 0 Å². The van der Waals surface area contributed by atoms with E-state index in [1.54, 1.807) is 0 Å². The van der Waals surface area contributed by atoms with Crippen LogP contribution in [-0.2, 0) is 40.8 Å². The molecule has 11 nitrogen and oxygen atoms in total. The normalized spacial score (nSPS) is 16.8. The van der Waals surface area contributed by atoms with Crippen LogP contribution in [0.25, 0.3) is 22.0 Å². The second kappa shape index (κ2) is 16.7. The summed E-state index contributed by atoms with van der Waals surface area (Å²) in [7, 11) is -2.43. The summed E-state index contributed by atoms with van der Waals surface area (Å²) in [5, 5.41) is 21.0. The number of anilines is 1. The topological polar surface area (TPSA) is 144 Å². The quantitative estimate of drug-likeness (QED) is 0.0825. The Morgan fingerprint density at radius 2 is 1.70 bits per heavy atom. The van der Waals surface area contributed by atoms with Gasteiger partial charge in [0.1, 0.15) is 48.6 Å². The molecule has 0 saturated carbocycles. The first kappa shape index (κ1) is 44.3. The third-order valence-electron chi connectivity index (χ3n) is 10.1. The number of benzene rings is 2. The zero-order valence-electron chi connectivity index (χ0n) is 32.1. The summed E-state index contributed by atoms with van der Waals surface area (Å²) in [6, 6.07) is 6.55. The van der Waals surface area contributed by atoms with E-state index in [0.29, 0.717) is 10.7 Å². The summed E-state index contributed by atoms with van der Waals surface area (Å²) in [5.41, 5.74) is -4.74. The van der Waals surface area contributed by atoms with Crippen molar-refractivity contribution < 1.29 is 53.4 Å². The Balaban J connectivity index is 1.55. The van der Waals surface area contributed by atoms with Crippen molar-refractivity contribution in [1.29, 1.82) is 0 Å². The Kier molecular flexibility index (Phi) is 12.3. The van der Waals surface area contributed by atoms with E-state index in [2.05, 4.69) is 37.1 Å². The fourth-order valence-corrected chi connectivity index (χ4v) is 8.33. The number of rotatable bonds is 13. The molecule has 0 radical (unpaired) electrons. The zero-order chi connectivity index (χ0) is 44.1. The van der Waals surface area contributed by atoms with Crippen LogP contribution in [0.1, 0.15) is 72.6 Å². The molecular formula is C39H36ClF8N7O4S. The molecule has 2 aromatic carbocycles. The Hall–Kier alpha value is -5.26. The van der Waals surface area contributed by atoms with Gasteiger partial charge in [0.25, 0.3) is 12.3 Å². The number of nitrogens with one attached hydrogen (secondary N) is 2. The average Bonchev–Trinajstić information content (AvgIpc) is 3.77. The first-order chi connectivity index (χ1) is 28.1. The number of hydrogen-bond acceptors (Lipinski definition) is 7. The molecule has 3 heterocycles. The highest BCUT2D eigenvalue weighted by Gasteiger charge is 2.56. The first-order valence-corrected chi connectivity index (χ1v) is 20.4. The number of aromatic nitrogens is 5. The number of alkyl halides is 6. The lowest BCUT2D eigenvalue weighted by molar-refractivity contribution is -0.123. The molecule has 3 atom stereocenters. The lowest BCUT2D eigenvalue weighted by atomic mass is 9.90. The van der Waals surface area contributed by atoms with Crippen LogP contribution in [0.4, 0.5) is 40.9 Å². The van der Waals surface area contributed by atoms with Gasteiger partial charge >= 0.3 is 0 Å². The minimum Gasteiger partial charge on any atom is -0.373 e. The van der Waals surface area contributed by atoms with Crippen LogP contribution in [0, 0.1) is 29.4 Å². The molecule has 3 N–H and O–H groups in total. The van der Waals surface area contributed by atoms with Gasteiger partial charge in [-0.25, -0.2) is 39.7 Å². The molecule has 3 aromatic heterocycles. The molecule has 0 bridgehead atoms. The van der Waals surface area contributed by atoms with Crippen molar-refractivity contribution in [2.45, 2.75) is 63.1 Å². The van der Waals surface area contributed by atoms with E-state index in [1.165, 1.54) is 49.8 Å². The molecule has 0 saturated heterocycles. The van der Waals surface area contributed by atoms with Crippen molar-refractivity contribution in [3.05, 3.63) is 93.0 Å². The summed E-state index contributed by atoms with van der Waals surface area (Å²) >= 11 is 6.55. The summed E-state index contributed by atoms with van der Waals surface area (Å²) in [6.45, 7) is -1.36. The van der Waals surface area contributed by atoms with Gasteiger partial charge in [0.2, 0.25) is 15.9 Å². The van der Waals surface area contributed by atoms with E-state index in [4.69, 9.17) is 11.6 Å². The monoisotopic (exact) mass is 885 g/mol. The molecule has 1 aliphatic carbocycles. The summed E-state index contributed by atoms with van der Waals surface area (Å²) in [4.78, 5) is 18.6. The third-order valence-corrected chi connectivity index (χ3v) is 11.0. The molecule has 5 aromatic rings. The number of carbonyl (C=O) groups excluding carboxylic acids is 1. The number of sulfonamides is 1. The van der Waals surface area contributed by atoms with Crippen LogP contribution in [0.2, 0.25) is 5.02 Å². The Bertz CT molecular complexity index is 2640. The molecular weight excluding hydrogens is 850 g/mol. The van der Waals surface area contributed by atoms with Crippen molar-refractivity contribution in [3.63, 3.8) is 0 Å². The largest absolute Gasteiger partial charge is 0.373 e. The van der Waals surface area contributed by atoms with E-state index >= 15 is 8.78 Å². The Morgan fingerprint density at radius 3 is 2.30 bits per heavy atom. The van der Waals surface area contributed by atoms with Gasteiger partial charge in [0.05, 0.1) is 33.9 Å². The van der Waals surface area contributed by atoms with Crippen LogP contribution in [0.5, 0.6) is 0 Å². The molecule has 1 amide bonds.